The number of ether oxygens (including phenoxy) is 2. The maximum Gasteiger partial charge on any atom is 0.392 e. The van der Waals surface area contributed by atoms with Crippen molar-refractivity contribution in [2.24, 2.45) is 5.92 Å². The highest BCUT2D eigenvalue weighted by molar-refractivity contribution is 7.86. The average Bonchev–Trinajstić information content (AvgIpc) is 2.40. The van der Waals surface area contributed by atoms with Crippen LogP contribution in [0.2, 0.25) is 0 Å². The molecule has 4 aliphatic carbocycles. The Balaban J connectivity index is 1.58. The molecule has 4 saturated carbocycles. The van der Waals surface area contributed by atoms with Gasteiger partial charge in [-0.3, -0.25) is 4.55 Å². The largest absolute Gasteiger partial charge is 0.455 e. The van der Waals surface area contributed by atoms with Crippen molar-refractivity contribution in [1.29, 1.82) is 0 Å². The first kappa shape index (κ1) is 20.6. The third-order valence-electron chi connectivity index (χ3n) is 5.48. The Labute approximate surface area is 154 Å². The molecular formula is C16H22F2O8S. The second kappa shape index (κ2) is 6.18. The highest BCUT2D eigenvalue weighted by atomic mass is 32.2. The van der Waals surface area contributed by atoms with Crippen molar-refractivity contribution in [2.75, 3.05) is 13.2 Å². The minimum atomic E-state index is -5.63. The smallest absolute Gasteiger partial charge is 0.392 e. The van der Waals surface area contributed by atoms with Crippen LogP contribution in [0.3, 0.4) is 0 Å². The Kier molecular flexibility index (Phi) is 4.71. The Hall–Kier alpha value is -1.14. The normalized spacial score (nSPS) is 38.0. The molecule has 2 atom stereocenters. The molecule has 0 amide bonds. The number of halogens is 2. The minimum Gasteiger partial charge on any atom is -0.455 e. The van der Waals surface area contributed by atoms with E-state index in [9.17, 15) is 32.2 Å². The molecule has 0 aromatic carbocycles. The number of alkyl halides is 2. The van der Waals surface area contributed by atoms with Crippen molar-refractivity contribution in [1.82, 2.24) is 0 Å². The van der Waals surface area contributed by atoms with Crippen molar-refractivity contribution in [3.8, 4) is 0 Å². The number of rotatable bonds is 7. The third kappa shape index (κ3) is 4.02. The number of aliphatic hydroxyl groups is 2. The van der Waals surface area contributed by atoms with Crippen molar-refractivity contribution in [3.63, 3.8) is 0 Å². The molecule has 2 unspecified atom stereocenters. The third-order valence-corrected chi connectivity index (χ3v) is 6.35. The lowest BCUT2D eigenvalue weighted by Crippen LogP contribution is -2.67. The summed E-state index contributed by atoms with van der Waals surface area (Å²) in [6, 6.07) is 0. The van der Waals surface area contributed by atoms with E-state index in [0.717, 1.165) is 0 Å². The maximum atomic E-state index is 13.1. The molecule has 154 valence electrons. The van der Waals surface area contributed by atoms with Crippen LogP contribution in [0.25, 0.3) is 0 Å². The molecule has 4 fully saturated rings. The van der Waals surface area contributed by atoms with Crippen LogP contribution >= 0.6 is 0 Å². The van der Waals surface area contributed by atoms with Crippen LogP contribution in [-0.4, -0.2) is 64.4 Å². The standard InChI is InChI=1S/C16H22F2O8S/c1-10(5-25-9-16(17,18)27(22,23)24)12(19)26-15-4-11-2-13(20,7-15)6-14(21,3-11)8-15/h11,20-21H,1-9H2,(H,22,23,24). The van der Waals surface area contributed by atoms with E-state index >= 15 is 0 Å². The van der Waals surface area contributed by atoms with Crippen LogP contribution in [0.5, 0.6) is 0 Å². The summed E-state index contributed by atoms with van der Waals surface area (Å²) in [6.45, 7) is 1.02. The van der Waals surface area contributed by atoms with Gasteiger partial charge in [0.2, 0.25) is 0 Å². The summed E-state index contributed by atoms with van der Waals surface area (Å²) in [4.78, 5) is 12.3. The van der Waals surface area contributed by atoms with Crippen molar-refractivity contribution in [3.05, 3.63) is 12.2 Å². The van der Waals surface area contributed by atoms with Crippen LogP contribution in [0.15, 0.2) is 12.2 Å². The summed E-state index contributed by atoms with van der Waals surface area (Å²) in [6.07, 6.45) is 2.13. The van der Waals surface area contributed by atoms with Crippen molar-refractivity contribution in [2.45, 2.75) is 60.6 Å². The molecule has 4 rings (SSSR count). The van der Waals surface area contributed by atoms with E-state index in [2.05, 4.69) is 11.3 Å². The lowest BCUT2D eigenvalue weighted by Gasteiger charge is -2.62. The summed E-state index contributed by atoms with van der Waals surface area (Å²) >= 11 is 0. The van der Waals surface area contributed by atoms with E-state index in [-0.39, 0.29) is 30.8 Å². The number of carbonyl (C=O) groups is 1. The molecule has 4 aliphatic rings. The van der Waals surface area contributed by atoms with Crippen LogP contribution in [0.4, 0.5) is 8.78 Å². The van der Waals surface area contributed by atoms with Gasteiger partial charge in [-0.05, 0) is 25.2 Å². The van der Waals surface area contributed by atoms with Gasteiger partial charge in [0.1, 0.15) is 12.2 Å². The highest BCUT2D eigenvalue weighted by Crippen LogP contribution is 2.60. The summed E-state index contributed by atoms with van der Waals surface area (Å²) in [5.41, 5.74) is -3.59. The van der Waals surface area contributed by atoms with Gasteiger partial charge < -0.3 is 19.7 Å². The zero-order valence-electron chi connectivity index (χ0n) is 14.5. The second-order valence-electron chi connectivity index (χ2n) is 8.24. The SMILES string of the molecule is C=C(COCC(F)(F)S(=O)(=O)O)C(=O)OC12CC3CC(O)(CC(O)(C3)C1)C2. The first-order valence-corrected chi connectivity index (χ1v) is 9.89. The van der Waals surface area contributed by atoms with Crippen molar-refractivity contribution >= 4 is 16.1 Å². The Bertz CT molecular complexity index is 746. The fraction of sp³-hybridized carbons (Fsp3) is 0.812. The van der Waals surface area contributed by atoms with E-state index in [1.54, 1.807) is 0 Å². The first-order chi connectivity index (χ1) is 12.2. The minimum absolute atomic E-state index is 0.0158. The zero-order chi connectivity index (χ0) is 20.3. The Morgan fingerprint density at radius 2 is 1.70 bits per heavy atom. The topological polar surface area (TPSA) is 130 Å². The number of hydrogen-bond acceptors (Lipinski definition) is 7. The molecule has 4 bridgehead atoms. The molecule has 0 aromatic heterocycles. The van der Waals surface area contributed by atoms with Gasteiger partial charge in [0.05, 0.1) is 23.4 Å². The van der Waals surface area contributed by atoms with E-state index in [4.69, 9.17) is 9.29 Å². The lowest BCUT2D eigenvalue weighted by atomic mass is 9.50. The zero-order valence-corrected chi connectivity index (χ0v) is 15.3. The van der Waals surface area contributed by atoms with Gasteiger partial charge in [0, 0.05) is 19.3 Å². The van der Waals surface area contributed by atoms with Gasteiger partial charge in [-0.2, -0.15) is 17.2 Å². The number of esters is 1. The molecule has 0 saturated heterocycles. The molecule has 3 N–H and O–H groups in total. The summed E-state index contributed by atoms with van der Waals surface area (Å²) in [7, 11) is -5.63. The maximum absolute atomic E-state index is 13.1. The van der Waals surface area contributed by atoms with Crippen LogP contribution < -0.4 is 0 Å². The van der Waals surface area contributed by atoms with Gasteiger partial charge >= 0.3 is 21.3 Å². The average molecular weight is 412 g/mol. The van der Waals surface area contributed by atoms with Gasteiger partial charge in [-0.15, -0.1) is 0 Å². The van der Waals surface area contributed by atoms with E-state index in [0.29, 0.717) is 19.3 Å². The monoisotopic (exact) mass is 412 g/mol. The predicted molar refractivity (Wildman–Crippen MR) is 86.4 cm³/mol. The molecule has 0 aliphatic heterocycles. The van der Waals surface area contributed by atoms with E-state index in [1.165, 1.54) is 0 Å². The van der Waals surface area contributed by atoms with E-state index < -0.39 is 51.4 Å². The number of hydrogen-bond donors (Lipinski definition) is 3. The van der Waals surface area contributed by atoms with Crippen molar-refractivity contribution < 1.29 is 46.2 Å². The fourth-order valence-corrected chi connectivity index (χ4v) is 5.29. The van der Waals surface area contributed by atoms with Gasteiger partial charge in [0.25, 0.3) is 0 Å². The fourth-order valence-electron chi connectivity index (χ4n) is 5.06. The summed E-state index contributed by atoms with van der Waals surface area (Å²) in [5.74, 6) is -0.915. The molecule has 0 radical (unpaired) electrons. The molecular weight excluding hydrogens is 390 g/mol. The van der Waals surface area contributed by atoms with Gasteiger partial charge in [-0.25, -0.2) is 4.79 Å². The highest BCUT2D eigenvalue weighted by Gasteiger charge is 2.64. The Morgan fingerprint density at radius 1 is 1.15 bits per heavy atom. The molecule has 27 heavy (non-hydrogen) atoms. The van der Waals surface area contributed by atoms with E-state index in [1.807, 2.05) is 0 Å². The van der Waals surface area contributed by atoms with Crippen LogP contribution in [0, 0.1) is 5.92 Å². The molecule has 0 heterocycles. The molecule has 11 heteroatoms. The van der Waals surface area contributed by atoms with Crippen LogP contribution in [0.1, 0.15) is 38.5 Å². The molecule has 8 nitrogen and oxygen atoms in total. The Morgan fingerprint density at radius 3 is 2.19 bits per heavy atom. The quantitative estimate of drug-likeness (QED) is 0.318. The second-order valence-corrected chi connectivity index (χ2v) is 9.79. The van der Waals surface area contributed by atoms with Gasteiger partial charge in [-0.1, -0.05) is 6.58 Å². The molecule has 0 spiro atoms. The predicted octanol–water partition coefficient (Wildman–Crippen LogP) is 0.782. The summed E-state index contributed by atoms with van der Waals surface area (Å²) in [5, 5.41) is 16.7. The van der Waals surface area contributed by atoms with Gasteiger partial charge in [0.15, 0.2) is 0 Å². The number of carbonyl (C=O) groups excluding carboxylic acids is 1. The summed E-state index contributed by atoms with van der Waals surface area (Å²) < 4.78 is 65.6. The first-order valence-electron chi connectivity index (χ1n) is 8.45. The lowest BCUT2D eigenvalue weighted by molar-refractivity contribution is -0.260. The van der Waals surface area contributed by atoms with Crippen LogP contribution in [-0.2, 0) is 24.4 Å². The molecule has 0 aromatic rings.